The Morgan fingerprint density at radius 3 is 2.44 bits per heavy atom. The Kier molecular flexibility index (Phi) is 5.82. The maximum absolute atomic E-state index is 13.0. The normalized spacial score (nSPS) is 15.4. The van der Waals surface area contributed by atoms with Gasteiger partial charge in [-0.05, 0) is 44.4 Å². The van der Waals surface area contributed by atoms with Crippen molar-refractivity contribution in [1.82, 2.24) is 19.4 Å². The molecule has 1 saturated heterocycles. The predicted octanol–water partition coefficient (Wildman–Crippen LogP) is 2.99. The Morgan fingerprint density at radius 2 is 1.74 bits per heavy atom. The molecule has 0 saturated carbocycles. The van der Waals surface area contributed by atoms with Crippen LogP contribution in [0, 0.1) is 12.8 Å². The maximum atomic E-state index is 13.0. The van der Waals surface area contributed by atoms with Gasteiger partial charge in [0.25, 0.3) is 5.91 Å². The molecule has 1 aliphatic heterocycles. The second-order valence-electron chi connectivity index (χ2n) is 7.41. The van der Waals surface area contributed by atoms with Crippen LogP contribution in [0.1, 0.15) is 49.3 Å². The smallest absolute Gasteiger partial charge is 0.253 e. The van der Waals surface area contributed by atoms with E-state index in [1.54, 1.807) is 0 Å². The molecule has 6 heteroatoms. The van der Waals surface area contributed by atoms with E-state index in [0.29, 0.717) is 25.2 Å². The van der Waals surface area contributed by atoms with Gasteiger partial charge in [0.05, 0.1) is 11.0 Å². The minimum atomic E-state index is 0.0250. The van der Waals surface area contributed by atoms with Crippen molar-refractivity contribution in [3.8, 4) is 0 Å². The molecular weight excluding hydrogens is 340 g/mol. The van der Waals surface area contributed by atoms with Crippen molar-refractivity contribution in [2.45, 2.75) is 40.0 Å². The van der Waals surface area contributed by atoms with Gasteiger partial charge in [0, 0.05) is 44.7 Å². The van der Waals surface area contributed by atoms with Crippen LogP contribution in [0.25, 0.3) is 11.0 Å². The Balaban J connectivity index is 1.72. The summed E-state index contributed by atoms with van der Waals surface area (Å²) in [7, 11) is 1.98. The number of carbonyl (C=O) groups is 2. The third-order valence-corrected chi connectivity index (χ3v) is 5.78. The summed E-state index contributed by atoms with van der Waals surface area (Å²) in [5, 5.41) is 0. The summed E-state index contributed by atoms with van der Waals surface area (Å²) >= 11 is 0. The molecule has 0 unspecified atom stereocenters. The van der Waals surface area contributed by atoms with Crippen LogP contribution in [0.15, 0.2) is 18.2 Å². The summed E-state index contributed by atoms with van der Waals surface area (Å²) in [6, 6.07) is 5.72. The molecule has 146 valence electrons. The summed E-state index contributed by atoms with van der Waals surface area (Å²) in [6.45, 7) is 8.71. The van der Waals surface area contributed by atoms with E-state index in [4.69, 9.17) is 0 Å². The van der Waals surface area contributed by atoms with Gasteiger partial charge in [-0.15, -0.1) is 0 Å². The molecule has 2 amide bonds. The number of rotatable bonds is 4. The molecule has 27 heavy (non-hydrogen) atoms. The van der Waals surface area contributed by atoms with Gasteiger partial charge >= 0.3 is 0 Å². The fourth-order valence-electron chi connectivity index (χ4n) is 3.87. The fraction of sp³-hybridized carbons (Fsp3) is 0.571. The van der Waals surface area contributed by atoms with E-state index in [1.165, 1.54) is 0 Å². The third kappa shape index (κ3) is 3.84. The quantitative estimate of drug-likeness (QED) is 0.831. The molecule has 0 bridgehead atoms. The summed E-state index contributed by atoms with van der Waals surface area (Å²) in [5.41, 5.74) is 2.54. The molecule has 1 aromatic carbocycles. The van der Waals surface area contributed by atoms with E-state index in [9.17, 15) is 9.59 Å². The summed E-state index contributed by atoms with van der Waals surface area (Å²) in [5.74, 6) is 1.29. The average Bonchev–Trinajstić information content (AvgIpc) is 2.85. The van der Waals surface area contributed by atoms with Gasteiger partial charge in [0.15, 0.2) is 0 Å². The first-order valence-corrected chi connectivity index (χ1v) is 9.97. The molecule has 0 aliphatic carbocycles. The number of aromatic nitrogens is 2. The number of carbonyl (C=O) groups excluding carboxylic acids is 2. The molecule has 1 fully saturated rings. The van der Waals surface area contributed by atoms with Gasteiger partial charge in [-0.2, -0.15) is 0 Å². The number of nitrogens with zero attached hydrogens (tertiary/aromatic N) is 4. The zero-order valence-corrected chi connectivity index (χ0v) is 16.9. The highest BCUT2D eigenvalue weighted by Crippen LogP contribution is 2.19. The molecule has 1 aliphatic rings. The average molecular weight is 370 g/mol. The molecule has 0 atom stereocenters. The first-order chi connectivity index (χ1) is 13.0. The zero-order chi connectivity index (χ0) is 19.6. The van der Waals surface area contributed by atoms with Crippen LogP contribution in [-0.4, -0.2) is 57.3 Å². The molecular formula is C21H30N4O2. The van der Waals surface area contributed by atoms with Gasteiger partial charge in [-0.3, -0.25) is 9.59 Å². The summed E-state index contributed by atoms with van der Waals surface area (Å²) in [6.07, 6.45) is 2.57. The molecule has 2 heterocycles. The van der Waals surface area contributed by atoms with Gasteiger partial charge < -0.3 is 14.4 Å². The van der Waals surface area contributed by atoms with Crippen LogP contribution >= 0.6 is 0 Å². The zero-order valence-electron chi connectivity index (χ0n) is 16.9. The topological polar surface area (TPSA) is 58.4 Å². The van der Waals surface area contributed by atoms with Crippen molar-refractivity contribution >= 4 is 22.8 Å². The first kappa shape index (κ1) is 19.4. The number of imidazole rings is 1. The van der Waals surface area contributed by atoms with Crippen LogP contribution < -0.4 is 0 Å². The van der Waals surface area contributed by atoms with Gasteiger partial charge in [-0.25, -0.2) is 4.98 Å². The van der Waals surface area contributed by atoms with E-state index in [-0.39, 0.29) is 17.7 Å². The Labute approximate surface area is 161 Å². The fourth-order valence-corrected chi connectivity index (χ4v) is 3.87. The van der Waals surface area contributed by atoms with Crippen LogP contribution in [0.3, 0.4) is 0 Å². The lowest BCUT2D eigenvalue weighted by atomic mass is 10.0. The number of hydrogen-bond acceptors (Lipinski definition) is 3. The van der Waals surface area contributed by atoms with Gasteiger partial charge in [0.2, 0.25) is 5.91 Å². The van der Waals surface area contributed by atoms with Gasteiger partial charge in [-0.1, -0.05) is 13.8 Å². The molecule has 0 radical (unpaired) electrons. The van der Waals surface area contributed by atoms with E-state index >= 15 is 0 Å². The van der Waals surface area contributed by atoms with Gasteiger partial charge in [0.1, 0.15) is 5.82 Å². The highest BCUT2D eigenvalue weighted by atomic mass is 16.2. The maximum Gasteiger partial charge on any atom is 0.253 e. The molecule has 1 aromatic heterocycles. The van der Waals surface area contributed by atoms with E-state index in [0.717, 1.165) is 42.7 Å². The van der Waals surface area contributed by atoms with E-state index in [2.05, 4.69) is 18.8 Å². The van der Waals surface area contributed by atoms with Crippen LogP contribution in [0.4, 0.5) is 0 Å². The van der Waals surface area contributed by atoms with Crippen LogP contribution in [0.2, 0.25) is 0 Å². The van der Waals surface area contributed by atoms with Crippen molar-refractivity contribution in [3.63, 3.8) is 0 Å². The number of hydrogen-bond donors (Lipinski definition) is 0. The van der Waals surface area contributed by atoms with Crippen molar-refractivity contribution in [1.29, 1.82) is 0 Å². The minimum Gasteiger partial charge on any atom is -0.341 e. The summed E-state index contributed by atoms with van der Waals surface area (Å²) in [4.78, 5) is 34.0. The standard InChI is InChI=1S/C21H30N4O2/c1-5-16(6-2)20(26)24-10-7-11-25(13-12-24)21(27)17-8-9-19-18(14-17)22-15(3)23(19)4/h8-9,14,16H,5-7,10-13H2,1-4H3. The number of aryl methyl sites for hydroxylation is 2. The molecule has 0 spiro atoms. The second kappa shape index (κ2) is 8.11. The number of fused-ring (bicyclic) bond motifs is 1. The van der Waals surface area contributed by atoms with E-state index in [1.807, 2.05) is 46.5 Å². The predicted molar refractivity (Wildman–Crippen MR) is 107 cm³/mol. The van der Waals surface area contributed by atoms with Crippen LogP contribution in [-0.2, 0) is 11.8 Å². The largest absolute Gasteiger partial charge is 0.341 e. The molecule has 6 nitrogen and oxygen atoms in total. The van der Waals surface area contributed by atoms with Crippen molar-refractivity contribution < 1.29 is 9.59 Å². The lowest BCUT2D eigenvalue weighted by Crippen LogP contribution is -2.39. The Morgan fingerprint density at radius 1 is 1.07 bits per heavy atom. The van der Waals surface area contributed by atoms with Crippen LogP contribution in [0.5, 0.6) is 0 Å². The SMILES string of the molecule is CCC(CC)C(=O)N1CCCN(C(=O)c2ccc3c(c2)nc(C)n3C)CC1. The number of benzene rings is 1. The Hall–Kier alpha value is -2.37. The molecule has 0 N–H and O–H groups in total. The van der Waals surface area contributed by atoms with Crippen molar-refractivity contribution in [2.75, 3.05) is 26.2 Å². The molecule has 3 rings (SSSR count). The monoisotopic (exact) mass is 370 g/mol. The molecule has 2 aromatic rings. The van der Waals surface area contributed by atoms with Crippen molar-refractivity contribution in [3.05, 3.63) is 29.6 Å². The van der Waals surface area contributed by atoms with E-state index < -0.39 is 0 Å². The minimum absolute atomic E-state index is 0.0250. The third-order valence-electron chi connectivity index (χ3n) is 5.78. The second-order valence-corrected chi connectivity index (χ2v) is 7.41. The summed E-state index contributed by atoms with van der Waals surface area (Å²) < 4.78 is 2.02. The lowest BCUT2D eigenvalue weighted by Gasteiger charge is -2.25. The highest BCUT2D eigenvalue weighted by Gasteiger charge is 2.26. The van der Waals surface area contributed by atoms with Crippen molar-refractivity contribution in [2.24, 2.45) is 13.0 Å². The first-order valence-electron chi connectivity index (χ1n) is 9.97. The highest BCUT2D eigenvalue weighted by molar-refractivity contribution is 5.97. The lowest BCUT2D eigenvalue weighted by molar-refractivity contribution is -0.135. The number of amides is 2. The Bertz CT molecular complexity index is 838.